The smallest absolute Gasteiger partial charge is 0.306 e. The third kappa shape index (κ3) is 4.83. The first kappa shape index (κ1) is 22.7. The quantitative estimate of drug-likeness (QED) is 0.330. The van der Waals surface area contributed by atoms with E-state index in [1.807, 2.05) is 30.3 Å². The number of hydrogen-bond donors (Lipinski definition) is 0. The van der Waals surface area contributed by atoms with Gasteiger partial charge in [-0.15, -0.1) is 0 Å². The van der Waals surface area contributed by atoms with Crippen molar-refractivity contribution >= 4 is 36.0 Å². The Hall–Kier alpha value is -1.99. The second-order valence-corrected chi connectivity index (χ2v) is 11.4. The molecule has 2 aromatic rings. The standard InChI is InChI=1S/C21H26N2O5PS/c1-4-27-29(26,28-5-2)15-30(3)19-18(24)17-12-9-13-22-20(17)23(21(19)25)14-16-10-7-6-8-11-16/h6-13,19H,4-5,14-15H2,1-3H3/q+1. The van der Waals surface area contributed by atoms with E-state index in [4.69, 9.17) is 9.05 Å². The number of fused-ring (bicyclic) bond motifs is 1. The molecule has 1 amide bonds. The molecule has 160 valence electrons. The zero-order valence-electron chi connectivity index (χ0n) is 17.3. The Labute approximate surface area is 179 Å². The molecule has 0 fully saturated rings. The van der Waals surface area contributed by atoms with Gasteiger partial charge in [-0.1, -0.05) is 30.3 Å². The van der Waals surface area contributed by atoms with Crippen LogP contribution in [0.2, 0.25) is 0 Å². The van der Waals surface area contributed by atoms with Crippen molar-refractivity contribution in [3.05, 3.63) is 59.8 Å². The molecule has 0 bridgehead atoms. The van der Waals surface area contributed by atoms with Gasteiger partial charge in [0.2, 0.25) is 11.3 Å². The van der Waals surface area contributed by atoms with Gasteiger partial charge >= 0.3 is 7.60 Å². The number of benzene rings is 1. The van der Waals surface area contributed by atoms with Gasteiger partial charge in [0.05, 0.1) is 31.6 Å². The molecule has 1 aliphatic rings. The molecule has 0 saturated carbocycles. The normalized spacial score (nSPS) is 17.7. The zero-order valence-corrected chi connectivity index (χ0v) is 19.0. The summed E-state index contributed by atoms with van der Waals surface area (Å²) < 4.78 is 23.8. The van der Waals surface area contributed by atoms with Crippen LogP contribution in [0.4, 0.5) is 5.82 Å². The highest BCUT2D eigenvalue weighted by Crippen LogP contribution is 2.50. The van der Waals surface area contributed by atoms with Gasteiger partial charge < -0.3 is 9.05 Å². The molecule has 0 saturated heterocycles. The molecule has 7 nitrogen and oxygen atoms in total. The average molecular weight is 449 g/mol. The van der Waals surface area contributed by atoms with Crippen LogP contribution in [0.3, 0.4) is 0 Å². The molecule has 0 aliphatic carbocycles. The number of carbonyl (C=O) groups excluding carboxylic acids is 2. The maximum absolute atomic E-state index is 13.4. The average Bonchev–Trinajstić information content (AvgIpc) is 2.72. The molecule has 0 N–H and O–H groups in total. The fraction of sp³-hybridized carbons (Fsp3) is 0.381. The Morgan fingerprint density at radius 3 is 2.37 bits per heavy atom. The minimum absolute atomic E-state index is 0.0194. The van der Waals surface area contributed by atoms with Crippen molar-refractivity contribution in [2.75, 3.05) is 29.9 Å². The highest BCUT2D eigenvalue weighted by atomic mass is 32.2. The zero-order chi connectivity index (χ0) is 21.7. The van der Waals surface area contributed by atoms with Crippen LogP contribution < -0.4 is 4.90 Å². The van der Waals surface area contributed by atoms with E-state index in [1.165, 1.54) is 0 Å². The van der Waals surface area contributed by atoms with Gasteiger partial charge in [0.25, 0.3) is 11.2 Å². The van der Waals surface area contributed by atoms with Crippen molar-refractivity contribution in [3.8, 4) is 0 Å². The Kier molecular flexibility index (Phi) is 7.47. The number of ketones is 1. The number of Topliss-reactive ketones (excluding diaryl/α,β-unsaturated/α-hetero) is 1. The number of anilines is 1. The van der Waals surface area contributed by atoms with Crippen LogP contribution in [0.5, 0.6) is 0 Å². The van der Waals surface area contributed by atoms with Gasteiger partial charge in [-0.05, 0) is 31.5 Å². The van der Waals surface area contributed by atoms with Crippen LogP contribution in [0.1, 0.15) is 29.8 Å². The van der Waals surface area contributed by atoms with Gasteiger partial charge in [0, 0.05) is 17.1 Å². The summed E-state index contributed by atoms with van der Waals surface area (Å²) in [5, 5.41) is -0.945. The van der Waals surface area contributed by atoms with Crippen LogP contribution in [-0.4, -0.2) is 46.9 Å². The SMILES string of the molecule is CCOP(=O)(C[S+](C)C1C(=O)c2cccnc2N(Cc2ccccc2)C1=O)OCC. The summed E-state index contributed by atoms with van der Waals surface area (Å²) in [5.41, 5.74) is 1.35. The molecular formula is C21H26N2O5PS+. The van der Waals surface area contributed by atoms with Crippen molar-refractivity contribution in [2.24, 2.45) is 0 Å². The Bertz CT molecular complexity index is 945. The first-order valence-electron chi connectivity index (χ1n) is 9.74. The van der Waals surface area contributed by atoms with Crippen LogP contribution in [0.15, 0.2) is 48.7 Å². The number of amides is 1. The monoisotopic (exact) mass is 449 g/mol. The lowest BCUT2D eigenvalue weighted by atomic mass is 10.0. The maximum Gasteiger partial charge on any atom is 0.379 e. The second kappa shape index (κ2) is 9.88. The summed E-state index contributed by atoms with van der Waals surface area (Å²) in [6.45, 7) is 4.24. The summed E-state index contributed by atoms with van der Waals surface area (Å²) in [7, 11) is -4.25. The highest BCUT2D eigenvalue weighted by molar-refractivity contribution is 8.03. The largest absolute Gasteiger partial charge is 0.379 e. The van der Waals surface area contributed by atoms with Crippen LogP contribution in [-0.2, 0) is 35.8 Å². The fourth-order valence-electron chi connectivity index (χ4n) is 3.41. The van der Waals surface area contributed by atoms with E-state index in [2.05, 4.69) is 4.98 Å². The summed E-state index contributed by atoms with van der Waals surface area (Å²) in [6, 6.07) is 12.9. The van der Waals surface area contributed by atoms with E-state index in [1.54, 1.807) is 43.3 Å². The number of pyridine rings is 1. The minimum Gasteiger partial charge on any atom is -0.306 e. The van der Waals surface area contributed by atoms with Gasteiger partial charge in [-0.3, -0.25) is 19.1 Å². The molecule has 2 atom stereocenters. The van der Waals surface area contributed by atoms with Gasteiger partial charge in [0.1, 0.15) is 5.82 Å². The van der Waals surface area contributed by atoms with E-state index in [9.17, 15) is 14.2 Å². The Morgan fingerprint density at radius 1 is 1.07 bits per heavy atom. The molecule has 1 aliphatic heterocycles. The first-order chi connectivity index (χ1) is 14.4. The van der Waals surface area contributed by atoms with Gasteiger partial charge in [-0.25, -0.2) is 4.98 Å². The van der Waals surface area contributed by atoms with Crippen molar-refractivity contribution in [2.45, 2.75) is 25.6 Å². The number of rotatable bonds is 9. The molecule has 9 heteroatoms. The number of aromatic nitrogens is 1. The first-order valence-corrected chi connectivity index (χ1v) is 13.3. The van der Waals surface area contributed by atoms with Crippen molar-refractivity contribution in [1.29, 1.82) is 0 Å². The molecule has 0 spiro atoms. The molecule has 1 aromatic carbocycles. The van der Waals surface area contributed by atoms with E-state index in [-0.39, 0.29) is 30.4 Å². The maximum atomic E-state index is 13.4. The predicted molar refractivity (Wildman–Crippen MR) is 119 cm³/mol. The lowest BCUT2D eigenvalue weighted by molar-refractivity contribution is -0.117. The summed E-state index contributed by atoms with van der Waals surface area (Å²) in [6.07, 6.45) is 3.34. The Balaban J connectivity index is 1.94. The van der Waals surface area contributed by atoms with Crippen LogP contribution in [0.25, 0.3) is 0 Å². The number of nitrogens with zero attached hydrogens (tertiary/aromatic N) is 2. The molecule has 2 heterocycles. The van der Waals surface area contributed by atoms with E-state index in [0.29, 0.717) is 17.9 Å². The summed E-state index contributed by atoms with van der Waals surface area (Å²) in [4.78, 5) is 32.5. The number of carbonyl (C=O) groups is 2. The van der Waals surface area contributed by atoms with E-state index in [0.717, 1.165) is 5.56 Å². The molecule has 3 rings (SSSR count). The lowest BCUT2D eigenvalue weighted by Gasteiger charge is -2.31. The minimum atomic E-state index is -3.39. The molecular weight excluding hydrogens is 423 g/mol. The third-order valence-corrected chi connectivity index (χ3v) is 10.1. The predicted octanol–water partition coefficient (Wildman–Crippen LogP) is 3.65. The van der Waals surface area contributed by atoms with Crippen LogP contribution >= 0.6 is 7.60 Å². The highest BCUT2D eigenvalue weighted by Gasteiger charge is 2.51. The topological polar surface area (TPSA) is 85.8 Å². The van der Waals surface area contributed by atoms with Crippen molar-refractivity contribution in [1.82, 2.24) is 4.98 Å². The van der Waals surface area contributed by atoms with Crippen molar-refractivity contribution < 1.29 is 23.2 Å². The van der Waals surface area contributed by atoms with Gasteiger partial charge in [-0.2, -0.15) is 0 Å². The lowest BCUT2D eigenvalue weighted by Crippen LogP contribution is -2.52. The number of hydrogen-bond acceptors (Lipinski definition) is 6. The fourth-order valence-corrected chi connectivity index (χ4v) is 8.42. The Morgan fingerprint density at radius 2 is 1.73 bits per heavy atom. The summed E-state index contributed by atoms with van der Waals surface area (Å²) >= 11 is 0. The molecule has 1 aromatic heterocycles. The van der Waals surface area contributed by atoms with E-state index >= 15 is 0 Å². The van der Waals surface area contributed by atoms with E-state index < -0.39 is 23.7 Å². The van der Waals surface area contributed by atoms with Crippen molar-refractivity contribution in [3.63, 3.8) is 0 Å². The molecule has 2 unspecified atom stereocenters. The van der Waals surface area contributed by atoms with Gasteiger partial charge in [0.15, 0.2) is 0 Å². The summed E-state index contributed by atoms with van der Waals surface area (Å²) in [5.74, 6) is -0.263. The third-order valence-electron chi connectivity index (χ3n) is 4.64. The molecule has 30 heavy (non-hydrogen) atoms. The second-order valence-electron chi connectivity index (χ2n) is 6.80. The van der Waals surface area contributed by atoms with Crippen LogP contribution in [0, 0.1) is 0 Å². The molecule has 0 radical (unpaired) electrons.